The van der Waals surface area contributed by atoms with Crippen molar-refractivity contribution in [3.8, 4) is 0 Å². The van der Waals surface area contributed by atoms with Gasteiger partial charge in [-0.1, -0.05) is 31.9 Å². The second-order valence-electron chi connectivity index (χ2n) is 4.05. The molecule has 78 valence electrons. The molecule has 2 aliphatic rings. The first-order chi connectivity index (χ1) is 6.74. The minimum absolute atomic E-state index is 0.0373. The Balaban J connectivity index is 2.07. The Kier molecular flexibility index (Phi) is 2.70. The molecular formula is C11H16O3. The number of Topliss-reactive ketones (excluding diaryl/α,β-unsaturated/α-hetero) is 1. The zero-order valence-corrected chi connectivity index (χ0v) is 8.35. The molecule has 0 spiro atoms. The summed E-state index contributed by atoms with van der Waals surface area (Å²) < 4.78 is 5.51. The lowest BCUT2D eigenvalue weighted by atomic mass is 9.87. The number of fused-ring (bicyclic) bond motifs is 2. The van der Waals surface area contributed by atoms with E-state index in [2.05, 4.69) is 6.92 Å². The van der Waals surface area contributed by atoms with Gasteiger partial charge in [0.1, 0.15) is 12.2 Å². The molecule has 3 nitrogen and oxygen atoms in total. The first kappa shape index (κ1) is 9.87. The van der Waals surface area contributed by atoms with E-state index in [1.807, 2.05) is 6.08 Å². The predicted octanol–water partition coefficient (Wildman–Crippen LogP) is 1.06. The Morgan fingerprint density at radius 2 is 2.14 bits per heavy atom. The van der Waals surface area contributed by atoms with E-state index < -0.39 is 6.10 Å². The molecule has 1 fully saturated rings. The highest BCUT2D eigenvalue weighted by molar-refractivity contribution is 5.88. The zero-order valence-electron chi connectivity index (χ0n) is 8.35. The number of rotatable bonds is 3. The van der Waals surface area contributed by atoms with E-state index in [1.165, 1.54) is 0 Å². The molecule has 2 rings (SSSR count). The van der Waals surface area contributed by atoms with Gasteiger partial charge in [0, 0.05) is 0 Å². The lowest BCUT2D eigenvalue weighted by Crippen LogP contribution is -2.47. The lowest BCUT2D eigenvalue weighted by molar-refractivity contribution is -0.155. The van der Waals surface area contributed by atoms with Crippen molar-refractivity contribution < 1.29 is 14.6 Å². The fourth-order valence-corrected chi connectivity index (χ4v) is 2.17. The lowest BCUT2D eigenvalue weighted by Gasteiger charge is -2.31. The van der Waals surface area contributed by atoms with E-state index in [-0.39, 0.29) is 23.9 Å². The SMILES string of the molecule is CCCC[C@@H]1C(=O)[C@H](O)[C@@H]2C=C[C@H]1O2. The molecule has 2 heterocycles. The average Bonchev–Trinajstić information content (AvgIpc) is 2.62. The Bertz CT molecular complexity index is 259. The Morgan fingerprint density at radius 3 is 2.86 bits per heavy atom. The molecule has 3 heteroatoms. The fourth-order valence-electron chi connectivity index (χ4n) is 2.17. The highest BCUT2D eigenvalue weighted by Crippen LogP contribution is 2.32. The van der Waals surface area contributed by atoms with Gasteiger partial charge in [0.05, 0.1) is 12.0 Å². The molecule has 4 atom stereocenters. The smallest absolute Gasteiger partial charge is 0.170 e. The van der Waals surface area contributed by atoms with Gasteiger partial charge in [0.25, 0.3) is 0 Å². The second-order valence-corrected chi connectivity index (χ2v) is 4.05. The van der Waals surface area contributed by atoms with Crippen molar-refractivity contribution in [1.82, 2.24) is 0 Å². The van der Waals surface area contributed by atoms with Gasteiger partial charge in [-0.25, -0.2) is 0 Å². The Hall–Kier alpha value is -0.670. The van der Waals surface area contributed by atoms with Crippen LogP contribution in [0.1, 0.15) is 26.2 Å². The van der Waals surface area contributed by atoms with Crippen LogP contribution < -0.4 is 0 Å². The number of unbranched alkanes of at least 4 members (excludes halogenated alkanes) is 1. The molecule has 1 saturated heterocycles. The highest BCUT2D eigenvalue weighted by Gasteiger charge is 2.44. The summed E-state index contributed by atoms with van der Waals surface area (Å²) >= 11 is 0. The largest absolute Gasteiger partial charge is 0.382 e. The van der Waals surface area contributed by atoms with Crippen LogP contribution in [0, 0.1) is 5.92 Å². The average molecular weight is 196 g/mol. The van der Waals surface area contributed by atoms with Crippen LogP contribution in [0.3, 0.4) is 0 Å². The molecule has 1 N–H and O–H groups in total. The van der Waals surface area contributed by atoms with Crippen LogP contribution in [-0.4, -0.2) is 29.2 Å². The molecule has 0 radical (unpaired) electrons. The molecular weight excluding hydrogens is 180 g/mol. The van der Waals surface area contributed by atoms with Crippen molar-refractivity contribution >= 4 is 5.78 Å². The predicted molar refractivity (Wildman–Crippen MR) is 51.8 cm³/mol. The van der Waals surface area contributed by atoms with E-state index in [1.54, 1.807) is 6.08 Å². The van der Waals surface area contributed by atoms with E-state index in [0.29, 0.717) is 0 Å². The number of ketones is 1. The maximum Gasteiger partial charge on any atom is 0.170 e. The highest BCUT2D eigenvalue weighted by atomic mass is 16.5. The van der Waals surface area contributed by atoms with Crippen molar-refractivity contribution in [3.05, 3.63) is 12.2 Å². The van der Waals surface area contributed by atoms with Gasteiger partial charge in [-0.3, -0.25) is 4.79 Å². The fraction of sp³-hybridized carbons (Fsp3) is 0.727. The van der Waals surface area contributed by atoms with Crippen LogP contribution in [0.25, 0.3) is 0 Å². The molecule has 14 heavy (non-hydrogen) atoms. The molecule has 0 unspecified atom stereocenters. The Labute approximate surface area is 83.8 Å². The van der Waals surface area contributed by atoms with E-state index >= 15 is 0 Å². The first-order valence-corrected chi connectivity index (χ1v) is 5.29. The van der Waals surface area contributed by atoms with Crippen LogP contribution >= 0.6 is 0 Å². The quantitative estimate of drug-likeness (QED) is 0.686. The van der Waals surface area contributed by atoms with Crippen molar-refractivity contribution in [2.75, 3.05) is 0 Å². The minimum atomic E-state index is -0.938. The van der Waals surface area contributed by atoms with Gasteiger partial charge in [-0.05, 0) is 6.42 Å². The summed E-state index contributed by atoms with van der Waals surface area (Å²) in [5.41, 5.74) is 0. The summed E-state index contributed by atoms with van der Waals surface area (Å²) in [6, 6.07) is 0. The number of hydrogen-bond acceptors (Lipinski definition) is 3. The normalized spacial score (nSPS) is 40.6. The summed E-state index contributed by atoms with van der Waals surface area (Å²) in [5, 5.41) is 9.61. The van der Waals surface area contributed by atoms with E-state index in [9.17, 15) is 9.90 Å². The summed E-state index contributed by atoms with van der Waals surface area (Å²) in [6.45, 7) is 2.10. The molecule has 0 amide bonds. The van der Waals surface area contributed by atoms with Crippen molar-refractivity contribution in [3.63, 3.8) is 0 Å². The molecule has 0 aromatic rings. The van der Waals surface area contributed by atoms with Crippen molar-refractivity contribution in [2.45, 2.75) is 44.5 Å². The number of aliphatic hydroxyl groups excluding tert-OH is 1. The monoisotopic (exact) mass is 196 g/mol. The molecule has 0 aromatic carbocycles. The van der Waals surface area contributed by atoms with Crippen molar-refractivity contribution in [1.29, 1.82) is 0 Å². The maximum atomic E-state index is 11.7. The van der Waals surface area contributed by atoms with Gasteiger partial charge in [-0.2, -0.15) is 0 Å². The molecule has 2 aliphatic heterocycles. The zero-order chi connectivity index (χ0) is 10.1. The third kappa shape index (κ3) is 1.51. The third-order valence-electron chi connectivity index (χ3n) is 3.04. The topological polar surface area (TPSA) is 46.5 Å². The van der Waals surface area contributed by atoms with Gasteiger partial charge in [0.2, 0.25) is 0 Å². The second kappa shape index (κ2) is 3.83. The molecule has 2 bridgehead atoms. The summed E-state index contributed by atoms with van der Waals surface area (Å²) in [5.74, 6) is -0.162. The van der Waals surface area contributed by atoms with Crippen molar-refractivity contribution in [2.24, 2.45) is 5.92 Å². The molecule has 0 aromatic heterocycles. The first-order valence-electron chi connectivity index (χ1n) is 5.29. The van der Waals surface area contributed by atoms with Gasteiger partial charge < -0.3 is 9.84 Å². The maximum absolute atomic E-state index is 11.7. The number of aliphatic hydroxyl groups is 1. The van der Waals surface area contributed by atoms with Gasteiger partial charge >= 0.3 is 0 Å². The minimum Gasteiger partial charge on any atom is -0.382 e. The van der Waals surface area contributed by atoms with Crippen LogP contribution in [0.4, 0.5) is 0 Å². The van der Waals surface area contributed by atoms with Gasteiger partial charge in [-0.15, -0.1) is 0 Å². The number of hydrogen-bond donors (Lipinski definition) is 1. The van der Waals surface area contributed by atoms with Crippen LogP contribution in [-0.2, 0) is 9.53 Å². The standard InChI is InChI=1S/C11H16O3/c1-2-3-4-7-8-5-6-9(14-8)11(13)10(7)12/h5-9,11,13H,2-4H2,1H3/t7-,8+,9-,11+/m0/s1. The summed E-state index contributed by atoms with van der Waals surface area (Å²) in [4.78, 5) is 11.7. The molecule has 0 aliphatic carbocycles. The Morgan fingerprint density at radius 1 is 1.43 bits per heavy atom. The van der Waals surface area contributed by atoms with Crippen LogP contribution in [0.5, 0.6) is 0 Å². The van der Waals surface area contributed by atoms with E-state index in [0.717, 1.165) is 19.3 Å². The van der Waals surface area contributed by atoms with Crippen LogP contribution in [0.2, 0.25) is 0 Å². The number of ether oxygens (including phenoxy) is 1. The summed E-state index contributed by atoms with van der Waals surface area (Å²) in [7, 11) is 0. The number of carbonyl (C=O) groups is 1. The van der Waals surface area contributed by atoms with Gasteiger partial charge in [0.15, 0.2) is 5.78 Å². The van der Waals surface area contributed by atoms with Crippen LogP contribution in [0.15, 0.2) is 12.2 Å². The number of carbonyl (C=O) groups excluding carboxylic acids is 1. The molecule has 0 saturated carbocycles. The summed E-state index contributed by atoms with van der Waals surface area (Å²) in [6.07, 6.45) is 5.23. The third-order valence-corrected chi connectivity index (χ3v) is 3.04. The van der Waals surface area contributed by atoms with E-state index in [4.69, 9.17) is 4.74 Å².